The van der Waals surface area contributed by atoms with E-state index in [1.54, 1.807) is 16.9 Å². The number of aryl methyl sites for hydroxylation is 2. The van der Waals surface area contributed by atoms with Crippen molar-refractivity contribution in [1.82, 2.24) is 30.0 Å². The van der Waals surface area contributed by atoms with E-state index >= 15 is 0 Å². The number of unbranched alkanes of at least 4 members (excludes halogenated alkanes) is 9. The van der Waals surface area contributed by atoms with Gasteiger partial charge in [0, 0.05) is 10.6 Å². The van der Waals surface area contributed by atoms with Crippen LogP contribution in [0.4, 0.5) is 0 Å². The summed E-state index contributed by atoms with van der Waals surface area (Å²) in [6.07, 6.45) is 14.1. The summed E-state index contributed by atoms with van der Waals surface area (Å²) < 4.78 is 0. The molecule has 2 heterocycles. The number of halogens is 1. The third-order valence-electron chi connectivity index (χ3n) is 9.94. The van der Waals surface area contributed by atoms with Gasteiger partial charge < -0.3 is 10.2 Å². The third kappa shape index (κ3) is 10.4. The summed E-state index contributed by atoms with van der Waals surface area (Å²) in [5.41, 5.74) is 8.25. The molecule has 0 spiro atoms. The van der Waals surface area contributed by atoms with Gasteiger partial charge in [0.05, 0.1) is 0 Å². The van der Waals surface area contributed by atoms with Gasteiger partial charge in [-0.2, -0.15) is 0 Å². The number of aromatic nitrogens is 6. The molecule has 4 aromatic carbocycles. The number of phenolic OH excluding ortho intramolecular Hbond substituents is 2. The Morgan fingerprint density at radius 3 is 1.65 bits per heavy atom. The molecule has 0 aliphatic rings. The quantitative estimate of drug-likeness (QED) is 0.114. The van der Waals surface area contributed by atoms with Crippen LogP contribution in [0.2, 0.25) is 5.02 Å². The SMILES string of the molecule is CC(C)(C)c1cc(-n2nc3ccc(Cl)cc3n2)c(O)c(C(C)(C)C)c1.CCCCCCCCCCCCc1cc(C)cc(-n2nc3ccccc3n2)c1O. The number of nitrogens with zero attached hydrogens (tertiary/aromatic N) is 6. The van der Waals surface area contributed by atoms with Gasteiger partial charge in [0.2, 0.25) is 0 Å². The van der Waals surface area contributed by atoms with E-state index in [9.17, 15) is 10.2 Å². The molecule has 0 saturated carbocycles. The Kier molecular flexibility index (Phi) is 13.4. The maximum absolute atomic E-state index is 10.9. The van der Waals surface area contributed by atoms with Gasteiger partial charge in [-0.1, -0.05) is 142 Å². The van der Waals surface area contributed by atoms with Gasteiger partial charge in [-0.3, -0.25) is 0 Å². The summed E-state index contributed by atoms with van der Waals surface area (Å²) in [5, 5.41) is 40.5. The Balaban J connectivity index is 0.000000210. The fraction of sp³-hybridized carbons (Fsp3) is 0.467. The summed E-state index contributed by atoms with van der Waals surface area (Å²) in [5.74, 6) is 0.527. The number of fused-ring (bicyclic) bond motifs is 2. The van der Waals surface area contributed by atoms with E-state index in [2.05, 4.69) is 87.9 Å². The minimum atomic E-state index is -0.198. The standard InChI is InChI=1S/C25H35N3O.C20H24ClN3O/c1-3-4-5-6-7-8-9-10-11-12-15-21-18-20(2)19-24(25(21)29)28-26-22-16-13-14-17-23(22)27-28;1-19(2,3)12-9-14(20(4,5)6)18(25)17(10-12)24-22-15-8-7-13(21)11-16(15)23-24/h13-14,16-19,29H,3-12,15H2,1-2H3;7-11,25H,1-6H3. The minimum Gasteiger partial charge on any atom is -0.505 e. The third-order valence-corrected chi connectivity index (χ3v) is 10.2. The highest BCUT2D eigenvalue weighted by Gasteiger charge is 2.26. The molecule has 0 unspecified atom stereocenters. The monoisotopic (exact) mass is 750 g/mol. The number of hydrogen-bond donors (Lipinski definition) is 2. The summed E-state index contributed by atoms with van der Waals surface area (Å²) in [4.78, 5) is 3.07. The van der Waals surface area contributed by atoms with Gasteiger partial charge in [-0.25, -0.2) is 0 Å². The van der Waals surface area contributed by atoms with Crippen molar-refractivity contribution in [3.05, 3.63) is 94.0 Å². The Hall–Kier alpha value is -4.43. The van der Waals surface area contributed by atoms with Crippen molar-refractivity contribution >= 4 is 33.7 Å². The predicted molar refractivity (Wildman–Crippen MR) is 224 cm³/mol. The molecular weight excluding hydrogens is 692 g/mol. The van der Waals surface area contributed by atoms with Crippen LogP contribution in [0.5, 0.6) is 11.5 Å². The fourth-order valence-corrected chi connectivity index (χ4v) is 6.88. The highest BCUT2D eigenvalue weighted by Crippen LogP contribution is 2.39. The highest BCUT2D eigenvalue weighted by molar-refractivity contribution is 6.31. The molecule has 0 aliphatic carbocycles. The molecule has 2 N–H and O–H groups in total. The normalized spacial score (nSPS) is 12.0. The number of rotatable bonds is 13. The van der Waals surface area contributed by atoms with Crippen LogP contribution in [0.15, 0.2) is 66.7 Å². The van der Waals surface area contributed by atoms with Crippen LogP contribution < -0.4 is 0 Å². The van der Waals surface area contributed by atoms with Crippen molar-refractivity contribution in [3.8, 4) is 22.9 Å². The van der Waals surface area contributed by atoms with Crippen LogP contribution in [0.3, 0.4) is 0 Å². The number of phenols is 2. The number of aromatic hydroxyl groups is 2. The molecule has 0 atom stereocenters. The van der Waals surface area contributed by atoms with Crippen molar-refractivity contribution in [3.63, 3.8) is 0 Å². The maximum atomic E-state index is 10.9. The van der Waals surface area contributed by atoms with E-state index in [-0.39, 0.29) is 16.6 Å². The predicted octanol–water partition coefficient (Wildman–Crippen LogP) is 12.3. The Bertz CT molecular complexity index is 2120. The fourth-order valence-electron chi connectivity index (χ4n) is 6.72. The second-order valence-corrected chi connectivity index (χ2v) is 17.2. The first-order valence-corrected chi connectivity index (χ1v) is 20.1. The van der Waals surface area contributed by atoms with Crippen LogP contribution in [-0.4, -0.2) is 40.2 Å². The molecule has 0 amide bonds. The van der Waals surface area contributed by atoms with Gasteiger partial charge in [0.1, 0.15) is 44.9 Å². The minimum absolute atomic E-state index is 0.0572. The highest BCUT2D eigenvalue weighted by atomic mass is 35.5. The molecule has 288 valence electrons. The molecule has 0 fully saturated rings. The lowest BCUT2D eigenvalue weighted by molar-refractivity contribution is 0.438. The summed E-state index contributed by atoms with van der Waals surface area (Å²) >= 11 is 6.05. The van der Waals surface area contributed by atoms with E-state index in [1.807, 2.05) is 42.5 Å². The van der Waals surface area contributed by atoms with Gasteiger partial charge in [-0.15, -0.1) is 30.0 Å². The molecular formula is C45H59ClN6O2. The maximum Gasteiger partial charge on any atom is 0.146 e. The smallest absolute Gasteiger partial charge is 0.146 e. The second kappa shape index (κ2) is 17.8. The lowest BCUT2D eigenvalue weighted by Crippen LogP contribution is -2.18. The Morgan fingerprint density at radius 1 is 0.574 bits per heavy atom. The molecule has 8 nitrogen and oxygen atoms in total. The number of benzene rings is 4. The second-order valence-electron chi connectivity index (χ2n) is 16.7. The first kappa shape index (κ1) is 40.7. The van der Waals surface area contributed by atoms with Crippen molar-refractivity contribution in [2.24, 2.45) is 0 Å². The van der Waals surface area contributed by atoms with E-state index in [1.165, 1.54) is 62.6 Å². The molecule has 54 heavy (non-hydrogen) atoms. The molecule has 6 rings (SSSR count). The van der Waals surface area contributed by atoms with Gasteiger partial charge in [0.15, 0.2) is 0 Å². The van der Waals surface area contributed by atoms with E-state index in [0.717, 1.165) is 51.6 Å². The summed E-state index contributed by atoms with van der Waals surface area (Å²) in [6.45, 7) is 17.1. The van der Waals surface area contributed by atoms with E-state index in [4.69, 9.17) is 11.6 Å². The molecule has 2 aromatic heterocycles. The Morgan fingerprint density at radius 2 is 1.09 bits per heavy atom. The average Bonchev–Trinajstić information content (AvgIpc) is 3.74. The average molecular weight is 751 g/mol. The van der Waals surface area contributed by atoms with Crippen LogP contribution in [-0.2, 0) is 17.3 Å². The molecule has 9 heteroatoms. The lowest BCUT2D eigenvalue weighted by atomic mass is 9.80. The van der Waals surface area contributed by atoms with E-state index in [0.29, 0.717) is 27.7 Å². The molecule has 0 radical (unpaired) electrons. The molecule has 0 aliphatic heterocycles. The summed E-state index contributed by atoms with van der Waals surface area (Å²) in [7, 11) is 0. The van der Waals surface area contributed by atoms with Crippen LogP contribution in [0.1, 0.15) is 135 Å². The van der Waals surface area contributed by atoms with E-state index < -0.39 is 0 Å². The molecule has 6 aromatic rings. The number of hydrogen-bond acceptors (Lipinski definition) is 6. The van der Waals surface area contributed by atoms with Gasteiger partial charge in [0.25, 0.3) is 0 Å². The zero-order chi connectivity index (χ0) is 39.0. The van der Waals surface area contributed by atoms with Crippen LogP contribution >= 0.6 is 11.6 Å². The first-order chi connectivity index (χ1) is 25.7. The first-order valence-electron chi connectivity index (χ1n) is 19.7. The van der Waals surface area contributed by atoms with Crippen LogP contribution in [0.25, 0.3) is 33.4 Å². The zero-order valence-corrected chi connectivity index (χ0v) is 34.3. The molecule has 0 bridgehead atoms. The van der Waals surface area contributed by atoms with Crippen LogP contribution in [0, 0.1) is 6.92 Å². The molecule has 0 saturated heterocycles. The van der Waals surface area contributed by atoms with Crippen molar-refractivity contribution in [1.29, 1.82) is 0 Å². The van der Waals surface area contributed by atoms with Crippen molar-refractivity contribution in [2.75, 3.05) is 0 Å². The van der Waals surface area contributed by atoms with Crippen molar-refractivity contribution in [2.45, 2.75) is 137 Å². The zero-order valence-electron chi connectivity index (χ0n) is 33.6. The lowest BCUT2D eigenvalue weighted by Gasteiger charge is -2.27. The largest absolute Gasteiger partial charge is 0.505 e. The van der Waals surface area contributed by atoms with Crippen molar-refractivity contribution < 1.29 is 10.2 Å². The van der Waals surface area contributed by atoms with Gasteiger partial charge >= 0.3 is 0 Å². The topological polar surface area (TPSA) is 102 Å². The summed E-state index contributed by atoms with van der Waals surface area (Å²) in [6, 6.07) is 21.3. The Labute approximate surface area is 326 Å². The van der Waals surface area contributed by atoms with Gasteiger partial charge in [-0.05, 0) is 89.8 Å².